The first-order valence-corrected chi connectivity index (χ1v) is 12.8. The van der Waals surface area contributed by atoms with Crippen LogP contribution in [0.1, 0.15) is 40.3 Å². The van der Waals surface area contributed by atoms with Crippen LogP contribution in [0.5, 0.6) is 0 Å². The SMILES string of the molecule is CNc1c(/C=C(\C)c2ccc3c(c2)C(=C(C#N)C#N)c2ccccc2-3)ccc2c1NCC(c1cccnc1)=C2. The van der Waals surface area contributed by atoms with Crippen molar-refractivity contribution in [3.05, 3.63) is 118 Å². The van der Waals surface area contributed by atoms with Crippen molar-refractivity contribution in [2.75, 3.05) is 24.2 Å². The summed E-state index contributed by atoms with van der Waals surface area (Å²) in [5, 5.41) is 26.4. The van der Waals surface area contributed by atoms with Crippen molar-refractivity contribution in [2.24, 2.45) is 0 Å². The van der Waals surface area contributed by atoms with Gasteiger partial charge in [0.05, 0.1) is 11.4 Å². The third-order valence-corrected chi connectivity index (χ3v) is 7.41. The molecular weight excluding hydrogens is 478 g/mol. The molecule has 6 rings (SSSR count). The molecule has 0 bridgehead atoms. The minimum absolute atomic E-state index is 0.136. The van der Waals surface area contributed by atoms with Gasteiger partial charge in [-0.25, -0.2) is 0 Å². The van der Waals surface area contributed by atoms with Crippen LogP contribution in [-0.4, -0.2) is 18.6 Å². The molecule has 2 aliphatic rings. The van der Waals surface area contributed by atoms with E-state index in [1.54, 1.807) is 6.20 Å². The number of nitrogens with zero attached hydrogens (tertiary/aromatic N) is 3. The highest BCUT2D eigenvalue weighted by Crippen LogP contribution is 2.46. The molecule has 2 N–H and O–H groups in total. The zero-order valence-electron chi connectivity index (χ0n) is 21.7. The predicted molar refractivity (Wildman–Crippen MR) is 159 cm³/mol. The van der Waals surface area contributed by atoms with Crippen molar-refractivity contribution in [2.45, 2.75) is 6.92 Å². The average molecular weight is 504 g/mol. The molecule has 0 fully saturated rings. The van der Waals surface area contributed by atoms with E-state index >= 15 is 0 Å². The van der Waals surface area contributed by atoms with Crippen LogP contribution in [0.15, 0.2) is 84.7 Å². The van der Waals surface area contributed by atoms with Crippen molar-refractivity contribution in [3.63, 3.8) is 0 Å². The zero-order valence-corrected chi connectivity index (χ0v) is 21.7. The number of pyridine rings is 1. The molecule has 4 aromatic rings. The number of nitrogens with one attached hydrogen (secondary N) is 2. The van der Waals surface area contributed by atoms with E-state index in [1.807, 2.05) is 43.6 Å². The second-order valence-corrected chi connectivity index (χ2v) is 9.62. The zero-order chi connectivity index (χ0) is 26.9. The number of hydrogen-bond donors (Lipinski definition) is 2. The van der Waals surface area contributed by atoms with Gasteiger partial charge in [0.2, 0.25) is 0 Å². The Bertz CT molecular complexity index is 1800. The first-order chi connectivity index (χ1) is 19.1. The summed E-state index contributed by atoms with van der Waals surface area (Å²) >= 11 is 0. The Labute approximate surface area is 228 Å². The summed E-state index contributed by atoms with van der Waals surface area (Å²) in [6.07, 6.45) is 8.08. The van der Waals surface area contributed by atoms with Crippen molar-refractivity contribution in [3.8, 4) is 23.3 Å². The number of nitriles is 2. The molecule has 3 aromatic carbocycles. The molecule has 5 nitrogen and oxygen atoms in total. The number of benzene rings is 3. The van der Waals surface area contributed by atoms with E-state index < -0.39 is 0 Å². The van der Waals surface area contributed by atoms with Gasteiger partial charge in [0.25, 0.3) is 0 Å². The van der Waals surface area contributed by atoms with E-state index in [-0.39, 0.29) is 5.57 Å². The van der Waals surface area contributed by atoms with Crippen molar-refractivity contribution in [1.82, 2.24) is 4.98 Å². The Morgan fingerprint density at radius 2 is 1.74 bits per heavy atom. The van der Waals surface area contributed by atoms with Crippen LogP contribution in [-0.2, 0) is 0 Å². The summed E-state index contributed by atoms with van der Waals surface area (Å²) in [5.74, 6) is 0. The average Bonchev–Trinajstić information content (AvgIpc) is 3.31. The summed E-state index contributed by atoms with van der Waals surface area (Å²) in [6.45, 7) is 2.82. The van der Waals surface area contributed by atoms with Crippen LogP contribution in [0.3, 0.4) is 0 Å². The lowest BCUT2D eigenvalue weighted by Gasteiger charge is -2.23. The molecule has 5 heteroatoms. The largest absolute Gasteiger partial charge is 0.386 e. The Balaban J connectivity index is 1.41. The molecule has 1 aliphatic heterocycles. The number of rotatable bonds is 4. The highest BCUT2D eigenvalue weighted by molar-refractivity contribution is 6.05. The molecule has 39 heavy (non-hydrogen) atoms. The van der Waals surface area contributed by atoms with Gasteiger partial charge in [0.1, 0.15) is 17.7 Å². The first-order valence-electron chi connectivity index (χ1n) is 12.8. The molecule has 186 valence electrons. The lowest BCUT2D eigenvalue weighted by molar-refractivity contribution is 1.26. The summed E-state index contributed by atoms with van der Waals surface area (Å²) in [7, 11) is 1.94. The summed E-state index contributed by atoms with van der Waals surface area (Å²) in [5.41, 5.74) is 13.6. The number of aromatic nitrogens is 1. The predicted octanol–water partition coefficient (Wildman–Crippen LogP) is 7.48. The van der Waals surface area contributed by atoms with Gasteiger partial charge >= 0.3 is 0 Å². The van der Waals surface area contributed by atoms with Gasteiger partial charge in [-0.1, -0.05) is 54.6 Å². The monoisotopic (exact) mass is 503 g/mol. The highest BCUT2D eigenvalue weighted by Gasteiger charge is 2.26. The van der Waals surface area contributed by atoms with E-state index in [4.69, 9.17) is 0 Å². The van der Waals surface area contributed by atoms with Crippen molar-refractivity contribution >= 4 is 40.2 Å². The van der Waals surface area contributed by atoms with Crippen LogP contribution in [0.25, 0.3) is 40.0 Å². The number of fused-ring (bicyclic) bond motifs is 4. The van der Waals surface area contributed by atoms with Crippen molar-refractivity contribution in [1.29, 1.82) is 10.5 Å². The molecule has 0 unspecified atom stereocenters. The standard InChI is InChI=1S/C34H25N5/c1-21(22-11-12-29-28-7-3-4-8-30(28)32(31(29)16-22)27(17-35)18-36)14-23-9-10-24-15-26(25-6-5-13-38-19-25)20-39-34(24)33(23)37-2/h3-16,19,37,39H,20H2,1-2H3/b21-14+. The van der Waals surface area contributed by atoms with E-state index in [2.05, 4.69) is 83.2 Å². The van der Waals surface area contributed by atoms with Crippen LogP contribution >= 0.6 is 0 Å². The van der Waals surface area contributed by atoms with Crippen LogP contribution < -0.4 is 10.6 Å². The molecule has 1 aromatic heterocycles. The number of anilines is 2. The quantitative estimate of drug-likeness (QED) is 0.196. The van der Waals surface area contributed by atoms with E-state index in [0.717, 1.165) is 68.0 Å². The molecule has 2 heterocycles. The summed E-state index contributed by atoms with van der Waals surface area (Å²) in [4.78, 5) is 4.26. The molecule has 0 saturated carbocycles. The highest BCUT2D eigenvalue weighted by atomic mass is 14.9. The number of allylic oxidation sites excluding steroid dienone is 2. The maximum atomic E-state index is 9.68. The molecule has 0 radical (unpaired) electrons. The second-order valence-electron chi connectivity index (χ2n) is 9.62. The lowest BCUT2D eigenvalue weighted by Crippen LogP contribution is -2.12. The Hall–Kier alpha value is -5.39. The molecular formula is C34H25N5. The minimum Gasteiger partial charge on any atom is -0.386 e. The van der Waals surface area contributed by atoms with Gasteiger partial charge in [-0.2, -0.15) is 10.5 Å². The van der Waals surface area contributed by atoms with Crippen LogP contribution in [0.2, 0.25) is 0 Å². The van der Waals surface area contributed by atoms with Gasteiger partial charge in [-0.05, 0) is 75.7 Å². The molecule has 0 atom stereocenters. The minimum atomic E-state index is 0.136. The fourth-order valence-corrected chi connectivity index (χ4v) is 5.53. The van der Waals surface area contributed by atoms with E-state index in [0.29, 0.717) is 5.57 Å². The first kappa shape index (κ1) is 24.0. The Morgan fingerprint density at radius 3 is 2.49 bits per heavy atom. The molecule has 0 spiro atoms. The normalized spacial score (nSPS) is 13.2. The lowest BCUT2D eigenvalue weighted by atomic mass is 9.93. The van der Waals surface area contributed by atoms with Gasteiger partial charge in [-0.3, -0.25) is 4.98 Å². The van der Waals surface area contributed by atoms with E-state index in [1.165, 1.54) is 5.57 Å². The maximum absolute atomic E-state index is 9.68. The summed E-state index contributed by atoms with van der Waals surface area (Å²) in [6, 6.07) is 26.8. The topological polar surface area (TPSA) is 84.5 Å². The number of hydrogen-bond acceptors (Lipinski definition) is 5. The smallest absolute Gasteiger partial charge is 0.138 e. The van der Waals surface area contributed by atoms with Gasteiger partial charge < -0.3 is 10.6 Å². The fraction of sp³-hybridized carbons (Fsp3) is 0.0882. The maximum Gasteiger partial charge on any atom is 0.138 e. The van der Waals surface area contributed by atoms with Gasteiger partial charge in [0, 0.05) is 42.7 Å². The molecule has 0 saturated heterocycles. The third kappa shape index (κ3) is 4.07. The van der Waals surface area contributed by atoms with Crippen LogP contribution in [0.4, 0.5) is 11.4 Å². The van der Waals surface area contributed by atoms with Crippen LogP contribution in [0, 0.1) is 22.7 Å². The van der Waals surface area contributed by atoms with Crippen molar-refractivity contribution < 1.29 is 0 Å². The van der Waals surface area contributed by atoms with Gasteiger partial charge in [-0.15, -0.1) is 0 Å². The van der Waals surface area contributed by atoms with Gasteiger partial charge in [0.15, 0.2) is 0 Å². The fourth-order valence-electron chi connectivity index (χ4n) is 5.53. The molecule has 0 amide bonds. The molecule has 1 aliphatic carbocycles. The summed E-state index contributed by atoms with van der Waals surface area (Å²) < 4.78 is 0. The van der Waals surface area contributed by atoms with E-state index in [9.17, 15) is 10.5 Å². The Morgan fingerprint density at radius 1 is 0.949 bits per heavy atom. The Kier molecular flexibility index (Phi) is 6.04. The second kappa shape index (κ2) is 9.82. The third-order valence-electron chi connectivity index (χ3n) is 7.41.